The van der Waals surface area contributed by atoms with Gasteiger partial charge < -0.3 is 25.6 Å². The zero-order chi connectivity index (χ0) is 29.1. The van der Waals surface area contributed by atoms with Crippen molar-refractivity contribution in [2.24, 2.45) is 5.92 Å². The maximum Gasteiger partial charge on any atom is 0.323 e. The first-order chi connectivity index (χ1) is 20.6. The number of hydrogen-bond donors (Lipinski definition) is 3. The number of para-hydroxylation sites is 2. The van der Waals surface area contributed by atoms with E-state index in [1.54, 1.807) is 25.3 Å². The molecule has 1 saturated heterocycles. The van der Waals surface area contributed by atoms with Gasteiger partial charge in [-0.1, -0.05) is 72.8 Å². The van der Waals surface area contributed by atoms with E-state index in [-0.39, 0.29) is 5.91 Å². The van der Waals surface area contributed by atoms with Crippen molar-refractivity contribution in [2.75, 3.05) is 42.3 Å². The zero-order valence-corrected chi connectivity index (χ0v) is 24.0. The number of amides is 3. The molecule has 0 aromatic heterocycles. The van der Waals surface area contributed by atoms with Crippen molar-refractivity contribution in [3.63, 3.8) is 0 Å². The number of piperidine rings is 1. The third-order valence-corrected chi connectivity index (χ3v) is 7.72. The molecule has 0 bridgehead atoms. The van der Waals surface area contributed by atoms with Crippen LogP contribution < -0.4 is 25.6 Å². The van der Waals surface area contributed by atoms with E-state index < -0.39 is 6.03 Å². The van der Waals surface area contributed by atoms with E-state index in [2.05, 4.69) is 63.3 Å². The summed E-state index contributed by atoms with van der Waals surface area (Å²) in [5.74, 6) is 1.03. The first kappa shape index (κ1) is 28.7. The maximum absolute atomic E-state index is 13.5. The molecule has 42 heavy (non-hydrogen) atoms. The molecule has 216 valence electrons. The van der Waals surface area contributed by atoms with Gasteiger partial charge in [-0.05, 0) is 73.1 Å². The van der Waals surface area contributed by atoms with E-state index >= 15 is 0 Å². The lowest BCUT2D eigenvalue weighted by Crippen LogP contribution is -2.36. The molecule has 7 heteroatoms. The highest BCUT2D eigenvalue weighted by Gasteiger charge is 2.24. The fraction of sp³-hybridized carbons (Fsp3) is 0.257. The van der Waals surface area contributed by atoms with Crippen LogP contribution in [0.25, 0.3) is 0 Å². The molecule has 1 aliphatic heterocycles. The summed E-state index contributed by atoms with van der Waals surface area (Å²) in [5, 5.41) is 8.80. The van der Waals surface area contributed by atoms with Crippen molar-refractivity contribution in [1.29, 1.82) is 0 Å². The fourth-order valence-corrected chi connectivity index (χ4v) is 5.49. The number of urea groups is 1. The Morgan fingerprint density at radius 2 is 1.48 bits per heavy atom. The molecule has 5 rings (SSSR count). The molecule has 0 atom stereocenters. The van der Waals surface area contributed by atoms with Gasteiger partial charge in [-0.15, -0.1) is 0 Å². The van der Waals surface area contributed by atoms with Gasteiger partial charge >= 0.3 is 6.03 Å². The minimum atomic E-state index is -0.413. The minimum absolute atomic E-state index is 0.152. The lowest BCUT2D eigenvalue weighted by Gasteiger charge is -2.35. The maximum atomic E-state index is 13.5. The minimum Gasteiger partial charge on any atom is -0.495 e. The van der Waals surface area contributed by atoms with E-state index in [1.807, 2.05) is 42.5 Å². The second-order valence-corrected chi connectivity index (χ2v) is 10.6. The standard InChI is InChI=1S/C35H38N4O3/c1-42-33-15-9-8-14-31(33)38-35(41)37-29-16-17-32(30(25-29)34(40)36-21-18-26-10-4-2-5-11-26)39-22-19-28(20-23-39)24-27-12-6-3-7-13-27/h2-17,25,28H,18-24H2,1H3,(H,36,40)(H2,37,38,41). The molecular weight excluding hydrogens is 524 g/mol. The molecule has 0 radical (unpaired) electrons. The summed E-state index contributed by atoms with van der Waals surface area (Å²) in [7, 11) is 1.56. The highest BCUT2D eigenvalue weighted by Crippen LogP contribution is 2.30. The van der Waals surface area contributed by atoms with Crippen molar-refractivity contribution in [3.8, 4) is 5.75 Å². The van der Waals surface area contributed by atoms with Crippen LogP contribution in [0.5, 0.6) is 5.75 Å². The molecule has 1 aliphatic rings. The van der Waals surface area contributed by atoms with Crippen molar-refractivity contribution in [2.45, 2.75) is 25.7 Å². The molecule has 1 fully saturated rings. The van der Waals surface area contributed by atoms with Crippen LogP contribution in [-0.4, -0.2) is 38.7 Å². The van der Waals surface area contributed by atoms with Gasteiger partial charge in [-0.3, -0.25) is 4.79 Å². The Labute approximate surface area is 247 Å². The Balaban J connectivity index is 1.29. The average Bonchev–Trinajstić information content (AvgIpc) is 3.03. The number of benzene rings is 4. The van der Waals surface area contributed by atoms with Crippen LogP contribution in [0.4, 0.5) is 21.9 Å². The third kappa shape index (κ3) is 7.69. The van der Waals surface area contributed by atoms with Crippen LogP contribution in [0.3, 0.4) is 0 Å². The number of nitrogens with one attached hydrogen (secondary N) is 3. The van der Waals surface area contributed by atoms with Gasteiger partial charge in [0.2, 0.25) is 0 Å². The number of rotatable bonds is 10. The van der Waals surface area contributed by atoms with Gasteiger partial charge in [0.25, 0.3) is 5.91 Å². The average molecular weight is 563 g/mol. The van der Waals surface area contributed by atoms with Gasteiger partial charge in [-0.25, -0.2) is 4.79 Å². The van der Waals surface area contributed by atoms with E-state index in [1.165, 1.54) is 11.1 Å². The van der Waals surface area contributed by atoms with Crippen LogP contribution in [0, 0.1) is 5.92 Å². The fourth-order valence-electron chi connectivity index (χ4n) is 5.49. The highest BCUT2D eigenvalue weighted by atomic mass is 16.5. The topological polar surface area (TPSA) is 82.7 Å². The number of ether oxygens (including phenoxy) is 1. The number of methoxy groups -OCH3 is 1. The predicted octanol–water partition coefficient (Wildman–Crippen LogP) is 6.77. The van der Waals surface area contributed by atoms with Crippen LogP contribution in [-0.2, 0) is 12.8 Å². The van der Waals surface area contributed by atoms with E-state index in [4.69, 9.17) is 4.74 Å². The SMILES string of the molecule is COc1ccccc1NC(=O)Nc1ccc(N2CCC(Cc3ccccc3)CC2)c(C(=O)NCCc2ccccc2)c1. The van der Waals surface area contributed by atoms with Crippen molar-refractivity contribution in [3.05, 3.63) is 120 Å². The Morgan fingerprint density at radius 1 is 0.810 bits per heavy atom. The van der Waals surface area contributed by atoms with E-state index in [0.717, 1.165) is 44.5 Å². The predicted molar refractivity (Wildman–Crippen MR) is 170 cm³/mol. The molecule has 3 amide bonds. The Bertz CT molecular complexity index is 1470. The molecule has 0 saturated carbocycles. The number of nitrogens with zero attached hydrogens (tertiary/aromatic N) is 1. The summed E-state index contributed by atoms with van der Waals surface area (Å²) in [5.41, 5.74) is 5.09. The summed E-state index contributed by atoms with van der Waals surface area (Å²) in [6.45, 7) is 2.28. The Morgan fingerprint density at radius 3 is 2.19 bits per heavy atom. The lowest BCUT2D eigenvalue weighted by molar-refractivity contribution is 0.0954. The van der Waals surface area contributed by atoms with Crippen molar-refractivity contribution < 1.29 is 14.3 Å². The summed E-state index contributed by atoms with van der Waals surface area (Å²) in [6.07, 6.45) is 3.94. The molecule has 1 heterocycles. The third-order valence-electron chi connectivity index (χ3n) is 7.72. The second-order valence-electron chi connectivity index (χ2n) is 10.6. The summed E-state index contributed by atoms with van der Waals surface area (Å²) < 4.78 is 5.34. The first-order valence-corrected chi connectivity index (χ1v) is 14.5. The van der Waals surface area contributed by atoms with E-state index in [0.29, 0.717) is 35.2 Å². The number of carbonyl (C=O) groups excluding carboxylic acids is 2. The first-order valence-electron chi connectivity index (χ1n) is 14.5. The van der Waals surface area contributed by atoms with Gasteiger partial charge in [0, 0.05) is 31.0 Å². The zero-order valence-electron chi connectivity index (χ0n) is 24.0. The molecule has 4 aromatic carbocycles. The number of carbonyl (C=O) groups is 2. The summed E-state index contributed by atoms with van der Waals surface area (Å²) in [6, 6.07) is 33.1. The van der Waals surface area contributed by atoms with Crippen LogP contribution in [0.1, 0.15) is 34.3 Å². The molecule has 4 aromatic rings. The highest BCUT2D eigenvalue weighted by molar-refractivity contribution is 6.04. The number of hydrogen-bond acceptors (Lipinski definition) is 4. The van der Waals surface area contributed by atoms with Gasteiger partial charge in [0.05, 0.1) is 18.4 Å². The molecular formula is C35H38N4O3. The monoisotopic (exact) mass is 562 g/mol. The molecule has 0 spiro atoms. The van der Waals surface area contributed by atoms with Crippen molar-refractivity contribution in [1.82, 2.24) is 5.32 Å². The quantitative estimate of drug-likeness (QED) is 0.199. The molecule has 3 N–H and O–H groups in total. The van der Waals surface area contributed by atoms with Crippen LogP contribution >= 0.6 is 0 Å². The van der Waals surface area contributed by atoms with Gasteiger partial charge in [-0.2, -0.15) is 0 Å². The smallest absolute Gasteiger partial charge is 0.323 e. The van der Waals surface area contributed by atoms with Crippen molar-refractivity contribution >= 4 is 29.0 Å². The van der Waals surface area contributed by atoms with Gasteiger partial charge in [0.1, 0.15) is 5.75 Å². The Kier molecular flexibility index (Phi) is 9.73. The normalized spacial score (nSPS) is 13.3. The number of anilines is 3. The van der Waals surface area contributed by atoms with Crippen LogP contribution in [0.2, 0.25) is 0 Å². The summed E-state index contributed by atoms with van der Waals surface area (Å²) >= 11 is 0. The lowest BCUT2D eigenvalue weighted by atomic mass is 9.89. The molecule has 0 aliphatic carbocycles. The second kappa shape index (κ2) is 14.2. The largest absolute Gasteiger partial charge is 0.495 e. The van der Waals surface area contributed by atoms with Gasteiger partial charge in [0.15, 0.2) is 0 Å². The Hall–Kier alpha value is -4.78. The molecule has 0 unspecified atom stereocenters. The van der Waals surface area contributed by atoms with Crippen LogP contribution in [0.15, 0.2) is 103 Å². The van der Waals surface area contributed by atoms with E-state index in [9.17, 15) is 9.59 Å². The molecule has 7 nitrogen and oxygen atoms in total. The summed E-state index contributed by atoms with van der Waals surface area (Å²) in [4.78, 5) is 28.7.